The molecule has 2 aromatic rings. The van der Waals surface area contributed by atoms with Gasteiger partial charge in [-0.3, -0.25) is 19.7 Å². The van der Waals surface area contributed by atoms with Crippen molar-refractivity contribution in [1.82, 2.24) is 21.3 Å². The fourth-order valence-corrected chi connectivity index (χ4v) is 4.63. The van der Waals surface area contributed by atoms with Crippen LogP contribution >= 0.6 is 23.1 Å². The first-order chi connectivity index (χ1) is 14.6. The second-order valence-corrected chi connectivity index (χ2v) is 9.10. The molecule has 0 saturated carbocycles. The minimum Gasteiger partial charge on any atom is -0.355 e. The highest BCUT2D eigenvalue weighted by molar-refractivity contribution is 8.00. The van der Waals surface area contributed by atoms with Crippen molar-refractivity contribution in [2.24, 2.45) is 0 Å². The van der Waals surface area contributed by atoms with Gasteiger partial charge in [0.15, 0.2) is 0 Å². The summed E-state index contributed by atoms with van der Waals surface area (Å²) in [6.45, 7) is 1.07. The van der Waals surface area contributed by atoms with E-state index in [1.54, 1.807) is 11.3 Å². The third-order valence-electron chi connectivity index (χ3n) is 4.54. The second-order valence-electron chi connectivity index (χ2n) is 6.97. The highest BCUT2D eigenvalue weighted by Crippen LogP contribution is 2.14. The number of hydrogen-bond donors (Lipinski definition) is 4. The Morgan fingerprint density at radius 1 is 1.10 bits per heavy atom. The number of rotatable bonds is 10. The number of nitrogens with one attached hydrogen (secondary N) is 4. The van der Waals surface area contributed by atoms with E-state index in [1.807, 2.05) is 47.8 Å². The highest BCUT2D eigenvalue weighted by atomic mass is 32.2. The van der Waals surface area contributed by atoms with Crippen LogP contribution in [0.5, 0.6) is 0 Å². The van der Waals surface area contributed by atoms with Gasteiger partial charge in [0.2, 0.25) is 17.7 Å². The van der Waals surface area contributed by atoms with Crippen molar-refractivity contribution in [3.05, 3.63) is 58.3 Å². The quantitative estimate of drug-likeness (QED) is 0.444. The van der Waals surface area contributed by atoms with Crippen molar-refractivity contribution in [2.45, 2.75) is 37.3 Å². The zero-order valence-corrected chi connectivity index (χ0v) is 18.2. The maximum absolute atomic E-state index is 12.2. The molecule has 9 heteroatoms. The predicted octanol–water partition coefficient (Wildman–Crippen LogP) is 1.61. The fraction of sp³-hybridized carbons (Fsp3) is 0.381. The van der Waals surface area contributed by atoms with Crippen LogP contribution in [-0.2, 0) is 27.3 Å². The number of benzene rings is 1. The maximum Gasteiger partial charge on any atom is 0.230 e. The third kappa shape index (κ3) is 7.81. The average Bonchev–Trinajstić information content (AvgIpc) is 3.25. The van der Waals surface area contributed by atoms with Gasteiger partial charge in [-0.1, -0.05) is 36.4 Å². The molecule has 2 unspecified atom stereocenters. The molecule has 1 aliphatic heterocycles. The standard InChI is InChI=1S/C21H26N4O3S2/c26-18(23-13-17-7-4-10-29-17)11-16-12-19(27)25-21(24-16)30-14-20(28)22-9-8-15-5-2-1-3-6-15/h1-7,10,16,21,24H,8-9,11-14H2,(H,22,28)(H,23,26)(H,25,27). The lowest BCUT2D eigenvalue weighted by molar-refractivity contribution is -0.125. The summed E-state index contributed by atoms with van der Waals surface area (Å²) in [6, 6.07) is 13.6. The molecule has 1 saturated heterocycles. The van der Waals surface area contributed by atoms with Gasteiger partial charge in [-0.25, -0.2) is 0 Å². The lowest BCUT2D eigenvalue weighted by Crippen LogP contribution is -2.56. The van der Waals surface area contributed by atoms with Crippen LogP contribution in [0.15, 0.2) is 47.8 Å². The summed E-state index contributed by atoms with van der Waals surface area (Å²) in [5.41, 5.74) is 0.785. The molecule has 2 atom stereocenters. The SMILES string of the molecule is O=C(CSC1NC(=O)CC(CC(=O)NCc2cccs2)N1)NCCc1ccccc1. The predicted molar refractivity (Wildman–Crippen MR) is 120 cm³/mol. The lowest BCUT2D eigenvalue weighted by Gasteiger charge is -2.30. The Morgan fingerprint density at radius 2 is 1.93 bits per heavy atom. The summed E-state index contributed by atoms with van der Waals surface area (Å²) in [4.78, 5) is 37.3. The summed E-state index contributed by atoms with van der Waals surface area (Å²) in [5, 5.41) is 13.8. The molecule has 1 aliphatic rings. The van der Waals surface area contributed by atoms with E-state index in [4.69, 9.17) is 0 Å². The second kappa shape index (κ2) is 11.7. The van der Waals surface area contributed by atoms with Crippen LogP contribution in [0.3, 0.4) is 0 Å². The normalized spacial score (nSPS) is 18.5. The molecular weight excluding hydrogens is 420 g/mol. The van der Waals surface area contributed by atoms with E-state index < -0.39 is 0 Å². The van der Waals surface area contributed by atoms with Gasteiger partial charge in [0, 0.05) is 30.3 Å². The van der Waals surface area contributed by atoms with E-state index in [9.17, 15) is 14.4 Å². The van der Waals surface area contributed by atoms with Crippen LogP contribution in [0.4, 0.5) is 0 Å². The molecule has 1 aromatic carbocycles. The molecule has 2 heterocycles. The number of carbonyl (C=O) groups is 3. The Kier molecular flexibility index (Phi) is 8.73. The average molecular weight is 447 g/mol. The highest BCUT2D eigenvalue weighted by Gasteiger charge is 2.28. The smallest absolute Gasteiger partial charge is 0.230 e. The molecule has 0 spiro atoms. The molecule has 30 heavy (non-hydrogen) atoms. The number of amides is 3. The van der Waals surface area contributed by atoms with E-state index in [0.29, 0.717) is 13.1 Å². The fourth-order valence-electron chi connectivity index (χ4n) is 3.06. The van der Waals surface area contributed by atoms with Gasteiger partial charge >= 0.3 is 0 Å². The molecular formula is C21H26N4O3S2. The van der Waals surface area contributed by atoms with Crippen LogP contribution in [0, 0.1) is 0 Å². The van der Waals surface area contributed by atoms with E-state index in [0.717, 1.165) is 11.3 Å². The first-order valence-corrected chi connectivity index (χ1v) is 11.8. The first kappa shape index (κ1) is 22.3. The van der Waals surface area contributed by atoms with Gasteiger partial charge in [0.25, 0.3) is 0 Å². The Bertz CT molecular complexity index is 830. The van der Waals surface area contributed by atoms with Gasteiger partial charge < -0.3 is 16.0 Å². The number of carbonyl (C=O) groups excluding carboxylic acids is 3. The monoisotopic (exact) mass is 446 g/mol. The Morgan fingerprint density at radius 3 is 2.70 bits per heavy atom. The summed E-state index contributed by atoms with van der Waals surface area (Å²) in [5.74, 6) is -0.0723. The van der Waals surface area contributed by atoms with Gasteiger partial charge in [-0.2, -0.15) is 0 Å². The van der Waals surface area contributed by atoms with Crippen LogP contribution in [-0.4, -0.2) is 41.6 Å². The Balaban J connectivity index is 1.34. The molecule has 0 bridgehead atoms. The summed E-state index contributed by atoms with van der Waals surface area (Å²) >= 11 is 2.90. The van der Waals surface area contributed by atoms with Crippen molar-refractivity contribution in [3.8, 4) is 0 Å². The molecule has 4 N–H and O–H groups in total. The molecule has 0 radical (unpaired) electrons. The number of hydrogen-bond acceptors (Lipinski definition) is 6. The molecule has 0 aliphatic carbocycles. The van der Waals surface area contributed by atoms with E-state index in [1.165, 1.54) is 17.3 Å². The minimum atomic E-state index is -0.388. The number of thiophene rings is 1. The van der Waals surface area contributed by atoms with Crippen molar-refractivity contribution in [1.29, 1.82) is 0 Å². The topological polar surface area (TPSA) is 99.3 Å². The van der Waals surface area contributed by atoms with E-state index in [2.05, 4.69) is 21.3 Å². The zero-order chi connectivity index (χ0) is 21.2. The largest absolute Gasteiger partial charge is 0.355 e. The van der Waals surface area contributed by atoms with Crippen molar-refractivity contribution in [3.63, 3.8) is 0 Å². The summed E-state index contributed by atoms with van der Waals surface area (Å²) in [6.07, 6.45) is 1.24. The molecule has 7 nitrogen and oxygen atoms in total. The minimum absolute atomic E-state index is 0.0807. The summed E-state index contributed by atoms with van der Waals surface area (Å²) in [7, 11) is 0. The Labute approximate surface area is 184 Å². The van der Waals surface area contributed by atoms with Crippen LogP contribution in [0.25, 0.3) is 0 Å². The molecule has 3 amide bonds. The van der Waals surface area contributed by atoms with Gasteiger partial charge in [0.05, 0.1) is 12.3 Å². The summed E-state index contributed by atoms with van der Waals surface area (Å²) < 4.78 is 0. The van der Waals surface area contributed by atoms with Gasteiger partial charge in [0.1, 0.15) is 5.50 Å². The molecule has 3 rings (SSSR count). The molecule has 160 valence electrons. The van der Waals surface area contributed by atoms with Crippen molar-refractivity contribution < 1.29 is 14.4 Å². The van der Waals surface area contributed by atoms with Gasteiger partial charge in [-0.15, -0.1) is 23.1 Å². The lowest BCUT2D eigenvalue weighted by atomic mass is 10.1. The third-order valence-corrected chi connectivity index (χ3v) is 6.43. The van der Waals surface area contributed by atoms with Crippen LogP contribution in [0.1, 0.15) is 23.3 Å². The molecule has 1 fully saturated rings. The van der Waals surface area contributed by atoms with Gasteiger partial charge in [-0.05, 0) is 23.4 Å². The van der Waals surface area contributed by atoms with Crippen molar-refractivity contribution >= 4 is 40.8 Å². The molecule has 1 aromatic heterocycles. The van der Waals surface area contributed by atoms with E-state index in [-0.39, 0.29) is 47.9 Å². The van der Waals surface area contributed by atoms with E-state index >= 15 is 0 Å². The maximum atomic E-state index is 12.2. The van der Waals surface area contributed by atoms with Crippen LogP contribution < -0.4 is 21.3 Å². The zero-order valence-electron chi connectivity index (χ0n) is 16.6. The Hall–Kier alpha value is -2.36. The van der Waals surface area contributed by atoms with Crippen molar-refractivity contribution in [2.75, 3.05) is 12.3 Å². The van der Waals surface area contributed by atoms with Crippen LogP contribution in [0.2, 0.25) is 0 Å². The number of thioether (sulfide) groups is 1. The first-order valence-electron chi connectivity index (χ1n) is 9.85.